The van der Waals surface area contributed by atoms with Gasteiger partial charge in [-0.25, -0.2) is 5.43 Å². The molecular formula is C23H24N2O. The van der Waals surface area contributed by atoms with Crippen molar-refractivity contribution in [3.05, 3.63) is 83.4 Å². The van der Waals surface area contributed by atoms with E-state index in [2.05, 4.69) is 53.8 Å². The van der Waals surface area contributed by atoms with Crippen molar-refractivity contribution in [2.45, 2.75) is 33.1 Å². The van der Waals surface area contributed by atoms with Gasteiger partial charge in [-0.05, 0) is 40.8 Å². The number of nitrogens with zero attached hydrogens (tertiary/aromatic N) is 1. The molecule has 3 aromatic carbocycles. The SMILES string of the molecule is CCCc1ccc(C(C)=NNC(=O)Cc2cccc3ccccc23)cc1. The minimum Gasteiger partial charge on any atom is -0.273 e. The lowest BCUT2D eigenvalue weighted by molar-refractivity contribution is -0.120. The van der Waals surface area contributed by atoms with Crippen molar-refractivity contribution in [3.8, 4) is 0 Å². The van der Waals surface area contributed by atoms with Crippen LogP contribution >= 0.6 is 0 Å². The standard InChI is InChI=1S/C23H24N2O/c1-3-7-18-12-14-19(15-13-18)17(2)24-25-23(26)16-21-10-6-9-20-8-4-5-11-22(20)21/h4-6,8-15H,3,7,16H2,1-2H3,(H,25,26). The van der Waals surface area contributed by atoms with Gasteiger partial charge in [0.15, 0.2) is 0 Å². The number of hydrazone groups is 1. The Bertz CT molecular complexity index is 921. The molecule has 0 aliphatic rings. The van der Waals surface area contributed by atoms with Crippen LogP contribution in [0.5, 0.6) is 0 Å². The maximum Gasteiger partial charge on any atom is 0.244 e. The maximum absolute atomic E-state index is 12.3. The molecule has 0 unspecified atom stereocenters. The molecule has 0 spiro atoms. The maximum atomic E-state index is 12.3. The molecule has 0 aliphatic heterocycles. The van der Waals surface area contributed by atoms with E-state index in [0.717, 1.165) is 40.5 Å². The van der Waals surface area contributed by atoms with Gasteiger partial charge in [-0.1, -0.05) is 80.1 Å². The van der Waals surface area contributed by atoms with Crippen molar-refractivity contribution in [1.82, 2.24) is 5.43 Å². The van der Waals surface area contributed by atoms with Crippen molar-refractivity contribution in [2.75, 3.05) is 0 Å². The lowest BCUT2D eigenvalue weighted by Gasteiger charge is -2.07. The highest BCUT2D eigenvalue weighted by Gasteiger charge is 2.06. The normalized spacial score (nSPS) is 11.5. The van der Waals surface area contributed by atoms with Crippen LogP contribution in [0, 0.1) is 0 Å². The fraction of sp³-hybridized carbons (Fsp3) is 0.217. The summed E-state index contributed by atoms with van der Waals surface area (Å²) >= 11 is 0. The topological polar surface area (TPSA) is 41.5 Å². The lowest BCUT2D eigenvalue weighted by atomic mass is 10.0. The van der Waals surface area contributed by atoms with Crippen LogP contribution in [-0.2, 0) is 17.6 Å². The number of rotatable bonds is 6. The zero-order valence-corrected chi connectivity index (χ0v) is 15.3. The van der Waals surface area contributed by atoms with Crippen LogP contribution in [0.4, 0.5) is 0 Å². The van der Waals surface area contributed by atoms with Crippen LogP contribution in [-0.4, -0.2) is 11.6 Å². The molecule has 0 saturated heterocycles. The molecule has 3 rings (SSSR count). The summed E-state index contributed by atoms with van der Waals surface area (Å²) in [4.78, 5) is 12.3. The molecule has 0 heterocycles. The molecule has 1 amide bonds. The summed E-state index contributed by atoms with van der Waals surface area (Å²) in [6.07, 6.45) is 2.53. The number of hydrogen-bond acceptors (Lipinski definition) is 2. The van der Waals surface area contributed by atoms with E-state index in [4.69, 9.17) is 0 Å². The number of hydrogen-bond donors (Lipinski definition) is 1. The molecule has 0 aliphatic carbocycles. The monoisotopic (exact) mass is 344 g/mol. The molecule has 0 aromatic heterocycles. The highest BCUT2D eigenvalue weighted by Crippen LogP contribution is 2.18. The molecule has 3 nitrogen and oxygen atoms in total. The zero-order chi connectivity index (χ0) is 18.4. The van der Waals surface area contributed by atoms with E-state index in [1.165, 1.54) is 5.56 Å². The first kappa shape index (κ1) is 17.9. The third kappa shape index (κ3) is 4.37. The smallest absolute Gasteiger partial charge is 0.244 e. The summed E-state index contributed by atoms with van der Waals surface area (Å²) in [7, 11) is 0. The Balaban J connectivity index is 1.66. The number of amides is 1. The second-order valence-electron chi connectivity index (χ2n) is 6.49. The number of fused-ring (bicyclic) bond motifs is 1. The second kappa shape index (κ2) is 8.43. The molecular weight excluding hydrogens is 320 g/mol. The van der Waals surface area contributed by atoms with Gasteiger partial charge in [-0.2, -0.15) is 5.10 Å². The van der Waals surface area contributed by atoms with Crippen LogP contribution in [0.1, 0.15) is 37.0 Å². The quantitative estimate of drug-likeness (QED) is 0.503. The van der Waals surface area contributed by atoms with E-state index < -0.39 is 0 Å². The molecule has 0 atom stereocenters. The number of carbonyl (C=O) groups excluding carboxylic acids is 1. The fourth-order valence-electron chi connectivity index (χ4n) is 3.07. The zero-order valence-electron chi connectivity index (χ0n) is 15.3. The Morgan fingerprint density at radius 3 is 2.46 bits per heavy atom. The predicted octanol–water partition coefficient (Wildman–Crippen LogP) is 4.88. The van der Waals surface area contributed by atoms with Crippen molar-refractivity contribution >= 4 is 22.4 Å². The van der Waals surface area contributed by atoms with Gasteiger partial charge in [0.1, 0.15) is 0 Å². The summed E-state index contributed by atoms with van der Waals surface area (Å²) in [6.45, 7) is 4.08. The van der Waals surface area contributed by atoms with E-state index in [1.807, 2.05) is 37.3 Å². The molecule has 1 N–H and O–H groups in total. The Morgan fingerprint density at radius 2 is 1.69 bits per heavy atom. The van der Waals surface area contributed by atoms with Crippen LogP contribution in [0.25, 0.3) is 10.8 Å². The number of nitrogens with one attached hydrogen (secondary N) is 1. The highest BCUT2D eigenvalue weighted by molar-refractivity contribution is 5.99. The third-order valence-electron chi connectivity index (χ3n) is 4.49. The van der Waals surface area contributed by atoms with Crippen LogP contribution in [0.3, 0.4) is 0 Å². The average molecular weight is 344 g/mol. The molecule has 0 bridgehead atoms. The Kier molecular flexibility index (Phi) is 5.80. The molecule has 3 heteroatoms. The first-order chi connectivity index (χ1) is 12.7. The van der Waals surface area contributed by atoms with Crippen molar-refractivity contribution in [1.29, 1.82) is 0 Å². The molecule has 3 aromatic rings. The van der Waals surface area contributed by atoms with Crippen LogP contribution in [0.2, 0.25) is 0 Å². The fourth-order valence-corrected chi connectivity index (χ4v) is 3.07. The number of benzene rings is 3. The lowest BCUT2D eigenvalue weighted by Crippen LogP contribution is -2.21. The van der Waals surface area contributed by atoms with Crippen molar-refractivity contribution in [3.63, 3.8) is 0 Å². The van der Waals surface area contributed by atoms with Gasteiger partial charge in [0, 0.05) is 0 Å². The molecule has 0 saturated carbocycles. The van der Waals surface area contributed by atoms with E-state index >= 15 is 0 Å². The Labute approximate surface area is 154 Å². The largest absolute Gasteiger partial charge is 0.273 e. The summed E-state index contributed by atoms with van der Waals surface area (Å²) in [5, 5.41) is 6.52. The molecule has 0 radical (unpaired) electrons. The van der Waals surface area contributed by atoms with Crippen molar-refractivity contribution in [2.24, 2.45) is 5.10 Å². The van der Waals surface area contributed by atoms with Gasteiger partial charge in [-0.3, -0.25) is 4.79 Å². The Morgan fingerprint density at radius 1 is 0.962 bits per heavy atom. The first-order valence-electron chi connectivity index (χ1n) is 9.06. The van der Waals surface area contributed by atoms with Crippen LogP contribution < -0.4 is 5.43 Å². The van der Waals surface area contributed by atoms with Crippen LogP contribution in [0.15, 0.2) is 71.8 Å². The average Bonchev–Trinajstić information content (AvgIpc) is 2.67. The summed E-state index contributed by atoms with van der Waals surface area (Å²) < 4.78 is 0. The highest BCUT2D eigenvalue weighted by atomic mass is 16.2. The Hall–Kier alpha value is -2.94. The molecule has 26 heavy (non-hydrogen) atoms. The molecule has 0 fully saturated rings. The van der Waals surface area contributed by atoms with Gasteiger partial charge in [0.2, 0.25) is 5.91 Å². The van der Waals surface area contributed by atoms with E-state index in [1.54, 1.807) is 0 Å². The minimum absolute atomic E-state index is 0.108. The minimum atomic E-state index is -0.108. The summed E-state index contributed by atoms with van der Waals surface area (Å²) in [5.74, 6) is -0.108. The first-order valence-corrected chi connectivity index (χ1v) is 9.06. The van der Waals surface area contributed by atoms with Gasteiger partial charge < -0.3 is 0 Å². The van der Waals surface area contributed by atoms with E-state index in [-0.39, 0.29) is 5.91 Å². The number of aryl methyl sites for hydroxylation is 1. The van der Waals surface area contributed by atoms with Gasteiger partial charge in [-0.15, -0.1) is 0 Å². The molecule has 132 valence electrons. The van der Waals surface area contributed by atoms with Gasteiger partial charge >= 0.3 is 0 Å². The summed E-state index contributed by atoms with van der Waals surface area (Å²) in [6, 6.07) is 22.5. The third-order valence-corrected chi connectivity index (χ3v) is 4.49. The van der Waals surface area contributed by atoms with E-state index in [9.17, 15) is 4.79 Å². The van der Waals surface area contributed by atoms with E-state index in [0.29, 0.717) is 6.42 Å². The predicted molar refractivity (Wildman–Crippen MR) is 108 cm³/mol. The van der Waals surface area contributed by atoms with Gasteiger partial charge in [0.25, 0.3) is 0 Å². The van der Waals surface area contributed by atoms with Gasteiger partial charge in [0.05, 0.1) is 12.1 Å². The van der Waals surface area contributed by atoms with Crippen molar-refractivity contribution < 1.29 is 4.79 Å². The second-order valence-corrected chi connectivity index (χ2v) is 6.49. The summed E-state index contributed by atoms with van der Waals surface area (Å²) in [5.41, 5.74) is 6.85. The number of carbonyl (C=O) groups is 1.